The summed E-state index contributed by atoms with van der Waals surface area (Å²) < 4.78 is 24.5. The van der Waals surface area contributed by atoms with Crippen molar-refractivity contribution in [1.29, 1.82) is 0 Å². The van der Waals surface area contributed by atoms with Crippen molar-refractivity contribution in [3.05, 3.63) is 12.0 Å². The van der Waals surface area contributed by atoms with Gasteiger partial charge in [-0.2, -0.15) is 0 Å². The van der Waals surface area contributed by atoms with E-state index >= 15 is 0 Å². The molecule has 0 atom stereocenters. The first-order valence-electron chi connectivity index (χ1n) is 4.09. The monoisotopic (exact) mass is 219 g/mol. The van der Waals surface area contributed by atoms with Crippen molar-refractivity contribution < 1.29 is 13.3 Å². The Morgan fingerprint density at radius 1 is 1.64 bits per heavy atom. The van der Waals surface area contributed by atoms with Crippen LogP contribution in [0, 0.1) is 6.92 Å². The topological polar surface area (TPSA) is 73.2 Å². The van der Waals surface area contributed by atoms with Gasteiger partial charge in [0, 0.05) is 12.7 Å². The average molecular weight is 219 g/mol. The van der Waals surface area contributed by atoms with E-state index in [1.807, 2.05) is 11.8 Å². The van der Waals surface area contributed by atoms with Crippen LogP contribution in [0.3, 0.4) is 0 Å². The van der Waals surface area contributed by atoms with Crippen molar-refractivity contribution in [2.75, 3.05) is 7.11 Å². The molecule has 1 aromatic rings. The number of nitrogens with one attached hydrogen (secondary N) is 1. The maximum absolute atomic E-state index is 11.4. The number of aryl methyl sites for hydroxylation is 2. The van der Waals surface area contributed by atoms with Crippen LogP contribution >= 0.6 is 0 Å². The van der Waals surface area contributed by atoms with Gasteiger partial charge in [-0.3, -0.25) is 4.84 Å². The second kappa shape index (κ2) is 4.07. The van der Waals surface area contributed by atoms with Gasteiger partial charge in [-0.15, -0.1) is 0 Å². The smallest absolute Gasteiger partial charge is 0.281 e. The lowest BCUT2D eigenvalue weighted by Crippen LogP contribution is -2.22. The van der Waals surface area contributed by atoms with Gasteiger partial charge in [0.05, 0.1) is 7.11 Å². The summed E-state index contributed by atoms with van der Waals surface area (Å²) in [6.45, 7) is 4.34. The van der Waals surface area contributed by atoms with Gasteiger partial charge in [0.2, 0.25) is 0 Å². The average Bonchev–Trinajstić information content (AvgIpc) is 2.47. The molecule has 0 unspecified atom stereocenters. The van der Waals surface area contributed by atoms with E-state index in [0.29, 0.717) is 12.4 Å². The largest absolute Gasteiger partial charge is 0.334 e. The molecule has 0 aromatic carbocycles. The van der Waals surface area contributed by atoms with Crippen molar-refractivity contribution in [3.8, 4) is 0 Å². The molecule has 1 N–H and O–H groups in total. The number of hydrogen-bond donors (Lipinski definition) is 1. The number of hydrogen-bond acceptors (Lipinski definition) is 4. The predicted octanol–water partition coefficient (Wildman–Crippen LogP) is 0.0511. The lowest BCUT2D eigenvalue weighted by atomic mass is 10.6. The van der Waals surface area contributed by atoms with E-state index in [0.717, 1.165) is 0 Å². The molecule has 80 valence electrons. The predicted molar refractivity (Wildman–Crippen MR) is 50.0 cm³/mol. The first-order chi connectivity index (χ1) is 6.51. The molecule has 14 heavy (non-hydrogen) atoms. The Labute approximate surface area is 82.9 Å². The van der Waals surface area contributed by atoms with Gasteiger partial charge in [-0.1, -0.05) is 4.89 Å². The Morgan fingerprint density at radius 2 is 2.29 bits per heavy atom. The molecule has 1 rings (SSSR count). The molecule has 0 spiro atoms. The molecule has 0 amide bonds. The summed E-state index contributed by atoms with van der Waals surface area (Å²) in [4.78, 5) is 10.2. The lowest BCUT2D eigenvalue weighted by Gasteiger charge is -1.98. The molecule has 0 radical (unpaired) electrons. The number of sulfonamides is 1. The third-order valence-electron chi connectivity index (χ3n) is 1.76. The molecule has 6 nitrogen and oxygen atoms in total. The summed E-state index contributed by atoms with van der Waals surface area (Å²) in [5.74, 6) is 0.656. The SMILES string of the molecule is CCn1cc(S(=O)(=O)NOC)nc1C. The molecule has 0 bridgehead atoms. The van der Waals surface area contributed by atoms with Gasteiger partial charge in [0.25, 0.3) is 10.0 Å². The van der Waals surface area contributed by atoms with Crippen molar-refractivity contribution in [2.24, 2.45) is 0 Å². The summed E-state index contributed by atoms with van der Waals surface area (Å²) in [5, 5.41) is -0.0290. The highest BCUT2D eigenvalue weighted by Gasteiger charge is 2.18. The quantitative estimate of drug-likeness (QED) is 0.726. The standard InChI is InChI=1S/C7H13N3O3S/c1-4-10-5-7(8-6(10)2)14(11,12)9-13-3/h5,9H,4H2,1-3H3. The molecule has 0 aliphatic rings. The number of aromatic nitrogens is 2. The third kappa shape index (κ3) is 2.11. The van der Waals surface area contributed by atoms with Crippen molar-refractivity contribution in [2.45, 2.75) is 25.4 Å². The zero-order chi connectivity index (χ0) is 10.8. The summed E-state index contributed by atoms with van der Waals surface area (Å²) >= 11 is 0. The highest BCUT2D eigenvalue weighted by molar-refractivity contribution is 7.89. The van der Waals surface area contributed by atoms with Crippen LogP contribution in [-0.2, 0) is 21.4 Å². The Hall–Kier alpha value is -0.920. The van der Waals surface area contributed by atoms with Crippen LogP contribution in [0.2, 0.25) is 0 Å². The number of rotatable bonds is 4. The lowest BCUT2D eigenvalue weighted by molar-refractivity contribution is 0.153. The van der Waals surface area contributed by atoms with Gasteiger partial charge in [-0.05, 0) is 13.8 Å². The van der Waals surface area contributed by atoms with Crippen molar-refractivity contribution in [1.82, 2.24) is 14.4 Å². The summed E-state index contributed by atoms with van der Waals surface area (Å²) in [5.41, 5.74) is 0. The van der Waals surface area contributed by atoms with Gasteiger partial charge in [-0.25, -0.2) is 13.4 Å². The number of nitrogens with zero attached hydrogens (tertiary/aromatic N) is 2. The van der Waals surface area contributed by atoms with E-state index in [9.17, 15) is 8.42 Å². The first-order valence-corrected chi connectivity index (χ1v) is 5.58. The maximum Gasteiger partial charge on any atom is 0.281 e. The fourth-order valence-corrected chi connectivity index (χ4v) is 1.90. The summed E-state index contributed by atoms with van der Waals surface area (Å²) in [6, 6.07) is 0. The van der Waals surface area contributed by atoms with Crippen LogP contribution in [-0.4, -0.2) is 25.1 Å². The molecule has 0 aliphatic heterocycles. The highest BCUT2D eigenvalue weighted by atomic mass is 32.2. The third-order valence-corrected chi connectivity index (χ3v) is 2.90. The molecule has 0 aliphatic carbocycles. The van der Waals surface area contributed by atoms with E-state index in [4.69, 9.17) is 0 Å². The highest BCUT2D eigenvalue weighted by Crippen LogP contribution is 2.08. The van der Waals surface area contributed by atoms with Gasteiger partial charge in [0.1, 0.15) is 5.82 Å². The van der Waals surface area contributed by atoms with Gasteiger partial charge in [0.15, 0.2) is 5.03 Å². The Balaban J connectivity index is 3.08. The fraction of sp³-hybridized carbons (Fsp3) is 0.571. The van der Waals surface area contributed by atoms with Crippen LogP contribution in [0.5, 0.6) is 0 Å². The van der Waals surface area contributed by atoms with Crippen molar-refractivity contribution >= 4 is 10.0 Å². The van der Waals surface area contributed by atoms with Crippen LogP contribution in [0.4, 0.5) is 0 Å². The number of imidazole rings is 1. The second-order valence-electron chi connectivity index (χ2n) is 2.70. The second-order valence-corrected chi connectivity index (χ2v) is 4.30. The van der Waals surface area contributed by atoms with E-state index in [2.05, 4.69) is 9.82 Å². The first kappa shape index (κ1) is 11.2. The molecule has 7 heteroatoms. The molecule has 0 saturated carbocycles. The zero-order valence-corrected chi connectivity index (χ0v) is 9.13. The summed E-state index contributed by atoms with van der Waals surface area (Å²) in [6.07, 6.45) is 1.47. The molecular formula is C7H13N3O3S. The van der Waals surface area contributed by atoms with Crippen LogP contribution in [0.15, 0.2) is 11.2 Å². The van der Waals surface area contributed by atoms with E-state index < -0.39 is 10.0 Å². The zero-order valence-electron chi connectivity index (χ0n) is 8.31. The summed E-state index contributed by atoms with van der Waals surface area (Å²) in [7, 11) is -2.39. The van der Waals surface area contributed by atoms with E-state index in [1.165, 1.54) is 13.3 Å². The van der Waals surface area contributed by atoms with Crippen molar-refractivity contribution in [3.63, 3.8) is 0 Å². The van der Waals surface area contributed by atoms with Crippen LogP contribution in [0.25, 0.3) is 0 Å². The van der Waals surface area contributed by atoms with Gasteiger partial charge < -0.3 is 4.57 Å². The molecule has 0 fully saturated rings. The Kier molecular flexibility index (Phi) is 3.25. The van der Waals surface area contributed by atoms with Crippen LogP contribution < -0.4 is 4.89 Å². The molecule has 0 saturated heterocycles. The minimum atomic E-state index is -3.63. The minimum absolute atomic E-state index is 0.0290. The van der Waals surface area contributed by atoms with E-state index in [1.54, 1.807) is 11.5 Å². The minimum Gasteiger partial charge on any atom is -0.334 e. The Bertz CT molecular complexity index is 410. The van der Waals surface area contributed by atoms with Crippen LogP contribution in [0.1, 0.15) is 12.7 Å². The van der Waals surface area contributed by atoms with E-state index in [-0.39, 0.29) is 5.03 Å². The molecule has 1 aromatic heterocycles. The maximum atomic E-state index is 11.4. The normalized spacial score (nSPS) is 11.9. The Morgan fingerprint density at radius 3 is 2.71 bits per heavy atom. The van der Waals surface area contributed by atoms with Gasteiger partial charge >= 0.3 is 0 Å². The molecule has 1 heterocycles. The fourth-order valence-electron chi connectivity index (χ4n) is 1.08. The molecular weight excluding hydrogens is 206 g/mol.